The summed E-state index contributed by atoms with van der Waals surface area (Å²) in [5.74, 6) is 1.69. The highest BCUT2D eigenvalue weighted by Crippen LogP contribution is 2.14. The minimum absolute atomic E-state index is 0.205. The molecule has 0 bridgehead atoms. The Labute approximate surface area is 149 Å². The van der Waals surface area contributed by atoms with Crippen LogP contribution < -0.4 is 15.4 Å². The van der Waals surface area contributed by atoms with E-state index in [1.54, 1.807) is 6.20 Å². The van der Waals surface area contributed by atoms with Crippen LogP contribution in [0.3, 0.4) is 0 Å². The first-order chi connectivity index (χ1) is 11.5. The number of hydrogen-bond donors (Lipinski definition) is 2. The molecule has 2 rings (SSSR count). The largest absolute Gasteiger partial charge is 0.491 e. The summed E-state index contributed by atoms with van der Waals surface area (Å²) in [6.45, 7) is 6.91. The van der Waals surface area contributed by atoms with Gasteiger partial charge in [-0.15, -0.1) is 0 Å². The second kappa shape index (κ2) is 9.23. The lowest BCUT2D eigenvalue weighted by Crippen LogP contribution is -2.29. The maximum Gasteiger partial charge on any atom is 0.171 e. The zero-order valence-electron chi connectivity index (χ0n) is 14.5. The second-order valence-electron chi connectivity index (χ2n) is 6.01. The van der Waals surface area contributed by atoms with Gasteiger partial charge < -0.3 is 15.4 Å². The van der Waals surface area contributed by atoms with Gasteiger partial charge in [0.1, 0.15) is 11.6 Å². The summed E-state index contributed by atoms with van der Waals surface area (Å²) in [7, 11) is 0. The highest BCUT2D eigenvalue weighted by molar-refractivity contribution is 7.80. The molecule has 2 aromatic rings. The van der Waals surface area contributed by atoms with Crippen LogP contribution >= 0.6 is 12.2 Å². The fraction of sp³-hybridized carbons (Fsp3) is 0.368. The molecule has 1 aromatic heterocycles. The average molecular weight is 343 g/mol. The predicted octanol–water partition coefficient (Wildman–Crippen LogP) is 4.10. The number of anilines is 1. The molecule has 5 heteroatoms. The molecule has 0 saturated heterocycles. The normalized spacial score (nSPS) is 10.5. The predicted molar refractivity (Wildman–Crippen MR) is 104 cm³/mol. The molecule has 128 valence electrons. The summed E-state index contributed by atoms with van der Waals surface area (Å²) in [4.78, 5) is 4.23. The summed E-state index contributed by atoms with van der Waals surface area (Å²) in [5, 5.41) is 6.92. The maximum atomic E-state index is 5.65. The minimum Gasteiger partial charge on any atom is -0.491 e. The van der Waals surface area contributed by atoms with E-state index in [0.717, 1.165) is 36.5 Å². The van der Waals surface area contributed by atoms with Gasteiger partial charge in [0.05, 0.1) is 6.10 Å². The molecule has 1 heterocycles. The number of aryl methyl sites for hydroxylation is 2. The lowest BCUT2D eigenvalue weighted by Gasteiger charge is -2.11. The van der Waals surface area contributed by atoms with Crippen LogP contribution in [0.5, 0.6) is 5.75 Å². The van der Waals surface area contributed by atoms with E-state index in [1.807, 2.05) is 45.0 Å². The molecule has 4 nitrogen and oxygen atoms in total. The Morgan fingerprint density at radius 3 is 2.62 bits per heavy atom. The highest BCUT2D eigenvalue weighted by atomic mass is 32.1. The number of aromatic nitrogens is 1. The summed E-state index contributed by atoms with van der Waals surface area (Å²) < 4.78 is 5.65. The molecule has 1 aromatic carbocycles. The van der Waals surface area contributed by atoms with Crippen molar-refractivity contribution < 1.29 is 4.74 Å². The Hall–Kier alpha value is -2.14. The van der Waals surface area contributed by atoms with Crippen LogP contribution in [0.2, 0.25) is 0 Å². The van der Waals surface area contributed by atoms with Crippen LogP contribution in [0.15, 0.2) is 42.6 Å². The van der Waals surface area contributed by atoms with Gasteiger partial charge in [0.25, 0.3) is 0 Å². The monoisotopic (exact) mass is 343 g/mol. The van der Waals surface area contributed by atoms with E-state index in [4.69, 9.17) is 17.0 Å². The van der Waals surface area contributed by atoms with Gasteiger partial charge in [-0.3, -0.25) is 0 Å². The van der Waals surface area contributed by atoms with Crippen molar-refractivity contribution in [2.45, 2.75) is 39.7 Å². The topological polar surface area (TPSA) is 46.2 Å². The van der Waals surface area contributed by atoms with Crippen molar-refractivity contribution in [3.63, 3.8) is 0 Å². The number of benzene rings is 1. The van der Waals surface area contributed by atoms with Crippen molar-refractivity contribution in [3.8, 4) is 5.75 Å². The molecule has 0 atom stereocenters. The fourth-order valence-corrected chi connectivity index (χ4v) is 2.47. The van der Waals surface area contributed by atoms with Gasteiger partial charge in [0.2, 0.25) is 0 Å². The summed E-state index contributed by atoms with van der Waals surface area (Å²) in [6.07, 6.45) is 3.98. The summed E-state index contributed by atoms with van der Waals surface area (Å²) in [6, 6.07) is 12.2. The Kier molecular flexibility index (Phi) is 7.00. The van der Waals surface area contributed by atoms with Crippen LogP contribution in [0.4, 0.5) is 5.82 Å². The molecule has 0 saturated carbocycles. The number of thiocarbonyl (C=S) groups is 1. The number of nitrogens with one attached hydrogen (secondary N) is 2. The third-order valence-corrected chi connectivity index (χ3v) is 3.63. The van der Waals surface area contributed by atoms with E-state index in [-0.39, 0.29) is 6.10 Å². The zero-order valence-corrected chi connectivity index (χ0v) is 15.3. The van der Waals surface area contributed by atoms with Crippen LogP contribution in [0.25, 0.3) is 0 Å². The lowest BCUT2D eigenvalue weighted by atomic mass is 10.1. The SMILES string of the molecule is Cc1ccnc(NC(=S)NCCCc2ccc(OC(C)C)cc2)c1. The van der Waals surface area contributed by atoms with Gasteiger partial charge in [0, 0.05) is 12.7 Å². The molecular formula is C19H25N3OS. The first-order valence-corrected chi connectivity index (χ1v) is 8.67. The summed E-state index contributed by atoms with van der Waals surface area (Å²) in [5.41, 5.74) is 2.45. The van der Waals surface area contributed by atoms with Crippen molar-refractivity contribution in [3.05, 3.63) is 53.7 Å². The Balaban J connectivity index is 1.68. The van der Waals surface area contributed by atoms with Crippen LogP contribution in [0, 0.1) is 6.92 Å². The zero-order chi connectivity index (χ0) is 17.4. The molecule has 0 fully saturated rings. The molecule has 24 heavy (non-hydrogen) atoms. The number of nitrogens with zero attached hydrogens (tertiary/aromatic N) is 1. The van der Waals surface area contributed by atoms with E-state index < -0.39 is 0 Å². The number of rotatable bonds is 7. The van der Waals surface area contributed by atoms with E-state index in [1.165, 1.54) is 5.56 Å². The van der Waals surface area contributed by atoms with Crippen LogP contribution in [-0.4, -0.2) is 22.7 Å². The first kappa shape index (κ1) is 18.2. The van der Waals surface area contributed by atoms with E-state index in [0.29, 0.717) is 5.11 Å². The molecule has 0 aliphatic heterocycles. The van der Waals surface area contributed by atoms with Crippen molar-refractivity contribution in [1.82, 2.24) is 10.3 Å². The van der Waals surface area contributed by atoms with Gasteiger partial charge in [-0.05, 0) is 81.2 Å². The molecule has 0 aliphatic carbocycles. The average Bonchev–Trinajstić information content (AvgIpc) is 2.52. The number of pyridine rings is 1. The lowest BCUT2D eigenvalue weighted by molar-refractivity contribution is 0.242. The minimum atomic E-state index is 0.205. The van der Waals surface area contributed by atoms with Gasteiger partial charge in [0.15, 0.2) is 5.11 Å². The maximum absolute atomic E-state index is 5.65. The first-order valence-electron chi connectivity index (χ1n) is 8.26. The fourth-order valence-electron chi connectivity index (χ4n) is 2.27. The molecule has 0 aliphatic rings. The summed E-state index contributed by atoms with van der Waals surface area (Å²) >= 11 is 5.29. The van der Waals surface area contributed by atoms with Crippen molar-refractivity contribution in [2.24, 2.45) is 0 Å². The van der Waals surface area contributed by atoms with Gasteiger partial charge in [-0.2, -0.15) is 0 Å². The van der Waals surface area contributed by atoms with E-state index >= 15 is 0 Å². The van der Waals surface area contributed by atoms with E-state index in [9.17, 15) is 0 Å². The van der Waals surface area contributed by atoms with Gasteiger partial charge in [-0.25, -0.2) is 4.98 Å². The van der Waals surface area contributed by atoms with Crippen LogP contribution in [0.1, 0.15) is 31.4 Å². The van der Waals surface area contributed by atoms with Gasteiger partial charge >= 0.3 is 0 Å². The molecule has 0 radical (unpaired) electrons. The van der Waals surface area contributed by atoms with Crippen molar-refractivity contribution >= 4 is 23.1 Å². The van der Waals surface area contributed by atoms with Gasteiger partial charge in [-0.1, -0.05) is 12.1 Å². The molecule has 0 spiro atoms. The number of hydrogen-bond acceptors (Lipinski definition) is 3. The Bertz CT molecular complexity index is 656. The van der Waals surface area contributed by atoms with E-state index in [2.05, 4.69) is 27.8 Å². The molecule has 2 N–H and O–H groups in total. The standard InChI is InChI=1S/C19H25N3OS/c1-14(2)23-17-8-6-16(7-9-17)5-4-11-21-19(24)22-18-13-15(3)10-12-20-18/h6-10,12-14H,4-5,11H2,1-3H3,(H2,20,21,22,24). The third kappa shape index (κ3) is 6.54. The smallest absolute Gasteiger partial charge is 0.171 e. The molecule has 0 amide bonds. The van der Waals surface area contributed by atoms with Crippen molar-refractivity contribution in [2.75, 3.05) is 11.9 Å². The van der Waals surface area contributed by atoms with Crippen molar-refractivity contribution in [1.29, 1.82) is 0 Å². The Morgan fingerprint density at radius 2 is 1.96 bits per heavy atom. The second-order valence-corrected chi connectivity index (χ2v) is 6.42. The highest BCUT2D eigenvalue weighted by Gasteiger charge is 2.00. The molecule has 0 unspecified atom stereocenters. The Morgan fingerprint density at radius 1 is 1.21 bits per heavy atom. The number of ether oxygens (including phenoxy) is 1. The third-order valence-electron chi connectivity index (χ3n) is 3.38. The molecular weight excluding hydrogens is 318 g/mol. The van der Waals surface area contributed by atoms with Crippen LogP contribution in [-0.2, 0) is 6.42 Å². The quantitative estimate of drug-likeness (QED) is 0.585.